The molecule has 2 aromatic heterocycles. The molecule has 0 saturated heterocycles. The van der Waals surface area contributed by atoms with E-state index < -0.39 is 5.82 Å². The Bertz CT molecular complexity index is 1200. The van der Waals surface area contributed by atoms with Crippen LogP contribution in [0.4, 0.5) is 10.2 Å². The van der Waals surface area contributed by atoms with Crippen LogP contribution < -0.4 is 10.2 Å². The number of nitrogens with zero attached hydrogens (tertiary/aromatic N) is 3. The van der Waals surface area contributed by atoms with Gasteiger partial charge in [0.2, 0.25) is 11.8 Å². The summed E-state index contributed by atoms with van der Waals surface area (Å²) in [5.41, 5.74) is 1.82. The van der Waals surface area contributed by atoms with E-state index in [-0.39, 0.29) is 34.8 Å². The summed E-state index contributed by atoms with van der Waals surface area (Å²) < 4.78 is 20.9. The fourth-order valence-corrected chi connectivity index (χ4v) is 6.19. The van der Waals surface area contributed by atoms with Crippen LogP contribution in [-0.4, -0.2) is 54.2 Å². The Kier molecular flexibility index (Phi) is 7.63. The highest BCUT2D eigenvalue weighted by Crippen LogP contribution is 2.49. The molecule has 1 N–H and O–H groups in total. The molecule has 0 saturated carbocycles. The number of nitrogens with one attached hydrogen (secondary N) is 1. The summed E-state index contributed by atoms with van der Waals surface area (Å²) in [5.74, 6) is -0.191. The van der Waals surface area contributed by atoms with Crippen LogP contribution in [0.5, 0.6) is 0 Å². The Morgan fingerprint density at radius 1 is 1.29 bits per heavy atom. The summed E-state index contributed by atoms with van der Waals surface area (Å²) in [7, 11) is 1.56. The first-order valence-electron chi connectivity index (χ1n) is 11.3. The molecule has 0 unspecified atom stereocenters. The third-order valence-electron chi connectivity index (χ3n) is 5.58. The van der Waals surface area contributed by atoms with E-state index in [1.807, 2.05) is 11.4 Å². The molecule has 0 bridgehead atoms. The smallest absolute Gasteiger partial charge is 0.240 e. The number of methoxy groups -OCH3 is 1. The zero-order valence-corrected chi connectivity index (χ0v) is 21.8. The van der Waals surface area contributed by atoms with Crippen LogP contribution in [0.25, 0.3) is 5.69 Å². The van der Waals surface area contributed by atoms with E-state index >= 15 is 0 Å². The molecule has 0 radical (unpaired) electrons. The standard InChI is InChI=1S/C25H29FN4O3S2/c1-25(2,3)23-21-22(18-9-6-12-34-18)35-15-20(32)29(14-19(31)27-10-11-33-4)24(21)30(28-23)17-8-5-7-16(26)13-17/h5-9,12-13,22H,10-11,14-15H2,1-4H3,(H,27,31)/t22-/m1/s1. The van der Waals surface area contributed by atoms with Crippen molar-refractivity contribution in [1.29, 1.82) is 0 Å². The summed E-state index contributed by atoms with van der Waals surface area (Å²) >= 11 is 3.15. The Labute approximate surface area is 212 Å². The molecule has 35 heavy (non-hydrogen) atoms. The molecule has 10 heteroatoms. The maximum absolute atomic E-state index is 14.3. The van der Waals surface area contributed by atoms with Gasteiger partial charge in [-0.25, -0.2) is 9.07 Å². The summed E-state index contributed by atoms with van der Waals surface area (Å²) in [6, 6.07) is 10.2. The van der Waals surface area contributed by atoms with Gasteiger partial charge in [-0.1, -0.05) is 32.9 Å². The highest BCUT2D eigenvalue weighted by molar-refractivity contribution is 8.00. The second kappa shape index (κ2) is 10.5. The van der Waals surface area contributed by atoms with Crippen molar-refractivity contribution in [1.82, 2.24) is 15.1 Å². The second-order valence-electron chi connectivity index (χ2n) is 9.26. The Balaban J connectivity index is 1.93. The number of thiophene rings is 1. The molecule has 186 valence electrons. The summed E-state index contributed by atoms with van der Waals surface area (Å²) in [6.07, 6.45) is 0. The van der Waals surface area contributed by atoms with Crippen LogP contribution in [0.1, 0.15) is 42.2 Å². The van der Waals surface area contributed by atoms with Crippen LogP contribution in [-0.2, 0) is 19.7 Å². The first-order valence-corrected chi connectivity index (χ1v) is 13.2. The van der Waals surface area contributed by atoms with Crippen LogP contribution in [0.2, 0.25) is 0 Å². The molecule has 0 spiro atoms. The van der Waals surface area contributed by atoms with E-state index in [2.05, 4.69) is 32.2 Å². The van der Waals surface area contributed by atoms with Crippen molar-refractivity contribution in [2.24, 2.45) is 0 Å². The molecule has 0 aliphatic carbocycles. The minimum Gasteiger partial charge on any atom is -0.383 e. The summed E-state index contributed by atoms with van der Waals surface area (Å²) in [4.78, 5) is 28.9. The minimum absolute atomic E-state index is 0.146. The third-order valence-corrected chi connectivity index (χ3v) is 7.91. The van der Waals surface area contributed by atoms with E-state index in [1.54, 1.807) is 35.3 Å². The number of hydrogen-bond acceptors (Lipinski definition) is 6. The first-order chi connectivity index (χ1) is 16.7. The van der Waals surface area contributed by atoms with Gasteiger partial charge in [0.25, 0.3) is 0 Å². The number of benzene rings is 1. The monoisotopic (exact) mass is 516 g/mol. The van der Waals surface area contributed by atoms with Crippen molar-refractivity contribution >= 4 is 40.7 Å². The number of carbonyl (C=O) groups is 2. The summed E-state index contributed by atoms with van der Waals surface area (Å²) in [6.45, 7) is 6.74. The van der Waals surface area contributed by atoms with Crippen molar-refractivity contribution in [3.8, 4) is 5.69 Å². The highest BCUT2D eigenvalue weighted by atomic mass is 32.2. The largest absolute Gasteiger partial charge is 0.383 e. The van der Waals surface area contributed by atoms with Gasteiger partial charge in [0.1, 0.15) is 18.2 Å². The van der Waals surface area contributed by atoms with Gasteiger partial charge in [-0.3, -0.25) is 14.5 Å². The predicted molar refractivity (Wildman–Crippen MR) is 138 cm³/mol. The second-order valence-corrected chi connectivity index (χ2v) is 11.3. The molecule has 2 amide bonds. The van der Waals surface area contributed by atoms with Gasteiger partial charge in [-0.2, -0.15) is 5.10 Å². The Morgan fingerprint density at radius 2 is 2.09 bits per heavy atom. The number of amides is 2. The quantitative estimate of drug-likeness (QED) is 0.474. The van der Waals surface area contributed by atoms with Crippen molar-refractivity contribution in [2.75, 3.05) is 37.5 Å². The van der Waals surface area contributed by atoms with Crippen LogP contribution in [0, 0.1) is 5.82 Å². The molecule has 1 aromatic carbocycles. The van der Waals surface area contributed by atoms with E-state index in [9.17, 15) is 14.0 Å². The molecule has 3 aromatic rings. The van der Waals surface area contributed by atoms with Gasteiger partial charge in [-0.05, 0) is 29.6 Å². The van der Waals surface area contributed by atoms with Gasteiger partial charge in [0, 0.05) is 29.5 Å². The molecular weight excluding hydrogens is 487 g/mol. The lowest BCUT2D eigenvalue weighted by Crippen LogP contribution is -2.43. The molecule has 0 fully saturated rings. The first kappa shape index (κ1) is 25.4. The number of fused-ring (bicyclic) bond motifs is 1. The number of thioether (sulfide) groups is 1. The van der Waals surface area contributed by atoms with Crippen LogP contribution >= 0.6 is 23.1 Å². The number of carbonyl (C=O) groups excluding carboxylic acids is 2. The minimum atomic E-state index is -0.406. The number of hydrogen-bond donors (Lipinski definition) is 1. The van der Waals surface area contributed by atoms with Gasteiger partial charge < -0.3 is 10.1 Å². The number of anilines is 1. The number of ether oxygens (including phenoxy) is 1. The Morgan fingerprint density at radius 3 is 2.74 bits per heavy atom. The number of rotatable bonds is 7. The van der Waals surface area contributed by atoms with E-state index in [0.29, 0.717) is 24.7 Å². The van der Waals surface area contributed by atoms with Crippen LogP contribution in [0.15, 0.2) is 41.8 Å². The maximum Gasteiger partial charge on any atom is 0.240 e. The molecule has 1 aliphatic heterocycles. The van der Waals surface area contributed by atoms with Crippen molar-refractivity contribution in [3.63, 3.8) is 0 Å². The average Bonchev–Trinajstić information content (AvgIpc) is 3.44. The topological polar surface area (TPSA) is 76.5 Å². The zero-order valence-electron chi connectivity index (χ0n) is 20.2. The van der Waals surface area contributed by atoms with Crippen molar-refractivity contribution < 1.29 is 18.7 Å². The molecule has 3 heterocycles. The number of halogens is 1. The molecule has 4 rings (SSSR count). The van der Waals surface area contributed by atoms with Crippen molar-refractivity contribution in [2.45, 2.75) is 31.4 Å². The lowest BCUT2D eigenvalue weighted by Gasteiger charge is -2.24. The third kappa shape index (κ3) is 5.44. The molecule has 1 atom stereocenters. The van der Waals surface area contributed by atoms with E-state index in [0.717, 1.165) is 16.1 Å². The summed E-state index contributed by atoms with van der Waals surface area (Å²) in [5, 5.41) is 9.60. The van der Waals surface area contributed by atoms with Gasteiger partial charge in [0.15, 0.2) is 0 Å². The van der Waals surface area contributed by atoms with Gasteiger partial charge in [0.05, 0.1) is 29.0 Å². The average molecular weight is 517 g/mol. The highest BCUT2D eigenvalue weighted by Gasteiger charge is 2.40. The fraction of sp³-hybridized carbons (Fsp3) is 0.400. The van der Waals surface area contributed by atoms with Gasteiger partial charge in [-0.15, -0.1) is 23.1 Å². The predicted octanol–water partition coefficient (Wildman–Crippen LogP) is 4.30. The molecular formula is C25H29FN4O3S2. The molecule has 7 nitrogen and oxygen atoms in total. The number of aromatic nitrogens is 2. The fourth-order valence-electron chi connectivity index (χ4n) is 4.02. The van der Waals surface area contributed by atoms with Gasteiger partial charge >= 0.3 is 0 Å². The SMILES string of the molecule is COCCNC(=O)CN1C(=O)CS[C@H](c2cccs2)c2c(C(C)(C)C)nn(-c3cccc(F)c3)c21. The van der Waals surface area contributed by atoms with Crippen LogP contribution in [0.3, 0.4) is 0 Å². The van der Waals surface area contributed by atoms with E-state index in [1.165, 1.54) is 28.8 Å². The van der Waals surface area contributed by atoms with E-state index in [4.69, 9.17) is 9.84 Å². The normalized spacial score (nSPS) is 16.2. The molecule has 1 aliphatic rings. The lowest BCUT2D eigenvalue weighted by atomic mass is 9.88. The Hall–Kier alpha value is -2.69. The maximum atomic E-state index is 14.3. The zero-order chi connectivity index (χ0) is 25.2. The lowest BCUT2D eigenvalue weighted by molar-refractivity contribution is -0.123. The van der Waals surface area contributed by atoms with Crippen molar-refractivity contribution in [3.05, 3.63) is 63.7 Å².